The zero-order valence-electron chi connectivity index (χ0n) is 14.3. The van der Waals surface area contributed by atoms with E-state index >= 15 is 0 Å². The Kier molecular flexibility index (Phi) is 5.05. The van der Waals surface area contributed by atoms with Gasteiger partial charge in [-0.15, -0.1) is 0 Å². The third-order valence-electron chi connectivity index (χ3n) is 3.92. The fourth-order valence-corrected chi connectivity index (χ4v) is 2.72. The van der Waals surface area contributed by atoms with Crippen LogP contribution in [0, 0.1) is 0 Å². The van der Waals surface area contributed by atoms with Crippen LogP contribution in [0.15, 0.2) is 54.7 Å². The van der Waals surface area contributed by atoms with E-state index in [1.165, 1.54) is 0 Å². The van der Waals surface area contributed by atoms with Crippen LogP contribution in [-0.2, 0) is 0 Å². The number of hydrogen-bond donors (Lipinski definition) is 3. The molecule has 5 nitrogen and oxygen atoms in total. The summed E-state index contributed by atoms with van der Waals surface area (Å²) in [5, 5.41) is 14.1. The monoisotopic (exact) mass is 338 g/mol. The molecule has 1 aromatic heterocycles. The van der Waals surface area contributed by atoms with E-state index in [9.17, 15) is 9.90 Å². The maximum atomic E-state index is 12.4. The fourth-order valence-electron chi connectivity index (χ4n) is 2.72. The van der Waals surface area contributed by atoms with E-state index in [-0.39, 0.29) is 18.6 Å². The molecule has 0 spiro atoms. The predicted octanol–water partition coefficient (Wildman–Crippen LogP) is 3.42. The summed E-state index contributed by atoms with van der Waals surface area (Å²) in [7, 11) is 0. The first-order valence-corrected chi connectivity index (χ1v) is 8.33. The lowest BCUT2D eigenvalue weighted by molar-refractivity contribution is 0.0917. The van der Waals surface area contributed by atoms with Gasteiger partial charge in [-0.1, -0.05) is 24.3 Å². The van der Waals surface area contributed by atoms with Gasteiger partial charge in [0.25, 0.3) is 5.91 Å². The number of aromatic amines is 1. The van der Waals surface area contributed by atoms with Crippen molar-refractivity contribution in [3.8, 4) is 5.75 Å². The van der Waals surface area contributed by atoms with Crippen molar-refractivity contribution >= 4 is 16.8 Å². The number of carbonyl (C=O) groups is 1. The standard InChI is InChI=1S/C20H22N2O3/c1-13(2)25-16-8-6-14(7-9-16)18(23)12-22-20(24)17-5-3-4-15-10-11-21-19(15)17/h3-11,13,18,21,23H,12H2,1-2H3,(H,22,24). The molecule has 1 heterocycles. The van der Waals surface area contributed by atoms with Crippen LogP contribution in [0.25, 0.3) is 10.9 Å². The highest BCUT2D eigenvalue weighted by Crippen LogP contribution is 2.19. The van der Waals surface area contributed by atoms with Crippen molar-refractivity contribution in [3.05, 3.63) is 65.9 Å². The number of nitrogens with one attached hydrogen (secondary N) is 2. The number of benzene rings is 2. The number of amides is 1. The number of para-hydroxylation sites is 1. The predicted molar refractivity (Wildman–Crippen MR) is 97.8 cm³/mol. The maximum absolute atomic E-state index is 12.4. The van der Waals surface area contributed by atoms with Crippen LogP contribution in [-0.4, -0.2) is 28.6 Å². The van der Waals surface area contributed by atoms with Crippen molar-refractivity contribution < 1.29 is 14.6 Å². The van der Waals surface area contributed by atoms with Gasteiger partial charge >= 0.3 is 0 Å². The third-order valence-corrected chi connectivity index (χ3v) is 3.92. The Morgan fingerprint density at radius 2 is 1.92 bits per heavy atom. The SMILES string of the molecule is CC(C)Oc1ccc(C(O)CNC(=O)c2cccc3cc[nH]c23)cc1. The average Bonchev–Trinajstić information content (AvgIpc) is 3.08. The van der Waals surface area contributed by atoms with E-state index in [2.05, 4.69) is 10.3 Å². The second-order valence-electron chi connectivity index (χ2n) is 6.21. The van der Waals surface area contributed by atoms with Crippen molar-refractivity contribution in [2.24, 2.45) is 0 Å². The molecule has 0 saturated carbocycles. The number of aliphatic hydroxyl groups excluding tert-OH is 1. The number of H-pyrrole nitrogens is 1. The molecular formula is C20H22N2O3. The van der Waals surface area contributed by atoms with Gasteiger partial charge < -0.3 is 20.1 Å². The summed E-state index contributed by atoms with van der Waals surface area (Å²) in [5.41, 5.74) is 2.09. The molecule has 0 saturated heterocycles. The van der Waals surface area contributed by atoms with Crippen molar-refractivity contribution in [1.82, 2.24) is 10.3 Å². The van der Waals surface area contributed by atoms with E-state index in [0.717, 1.165) is 22.2 Å². The Bertz CT molecular complexity index is 853. The molecular weight excluding hydrogens is 316 g/mol. The Hall–Kier alpha value is -2.79. The van der Waals surface area contributed by atoms with Gasteiger partial charge in [-0.05, 0) is 43.7 Å². The van der Waals surface area contributed by atoms with Crippen molar-refractivity contribution in [2.75, 3.05) is 6.54 Å². The summed E-state index contributed by atoms with van der Waals surface area (Å²) in [4.78, 5) is 15.5. The molecule has 3 aromatic rings. The molecule has 0 aliphatic carbocycles. The van der Waals surface area contributed by atoms with Crippen LogP contribution < -0.4 is 10.1 Å². The highest BCUT2D eigenvalue weighted by molar-refractivity contribution is 6.05. The molecule has 0 radical (unpaired) electrons. The first-order chi connectivity index (χ1) is 12.0. The molecule has 1 amide bonds. The van der Waals surface area contributed by atoms with Gasteiger partial charge in [0.2, 0.25) is 0 Å². The number of ether oxygens (including phenoxy) is 1. The fraction of sp³-hybridized carbons (Fsp3) is 0.250. The average molecular weight is 338 g/mol. The first-order valence-electron chi connectivity index (χ1n) is 8.33. The number of fused-ring (bicyclic) bond motifs is 1. The van der Waals surface area contributed by atoms with E-state index < -0.39 is 6.10 Å². The lowest BCUT2D eigenvalue weighted by atomic mass is 10.1. The van der Waals surface area contributed by atoms with E-state index in [4.69, 9.17) is 4.74 Å². The lowest BCUT2D eigenvalue weighted by Crippen LogP contribution is -2.28. The Labute approximate surface area is 146 Å². The summed E-state index contributed by atoms with van der Waals surface area (Å²) in [6.45, 7) is 4.06. The van der Waals surface area contributed by atoms with Crippen LogP contribution in [0.1, 0.15) is 35.9 Å². The van der Waals surface area contributed by atoms with Gasteiger partial charge in [-0.3, -0.25) is 4.79 Å². The smallest absolute Gasteiger partial charge is 0.253 e. The minimum absolute atomic E-state index is 0.103. The number of aliphatic hydroxyl groups is 1. The summed E-state index contributed by atoms with van der Waals surface area (Å²) in [6.07, 6.45) is 1.13. The van der Waals surface area contributed by atoms with Crippen molar-refractivity contribution in [3.63, 3.8) is 0 Å². The molecule has 25 heavy (non-hydrogen) atoms. The van der Waals surface area contributed by atoms with Crippen LogP contribution in [0.3, 0.4) is 0 Å². The van der Waals surface area contributed by atoms with Gasteiger partial charge in [-0.25, -0.2) is 0 Å². The minimum atomic E-state index is -0.778. The van der Waals surface area contributed by atoms with Crippen LogP contribution >= 0.6 is 0 Å². The Morgan fingerprint density at radius 1 is 1.16 bits per heavy atom. The highest BCUT2D eigenvalue weighted by Gasteiger charge is 2.13. The van der Waals surface area contributed by atoms with Gasteiger partial charge in [0.05, 0.1) is 23.3 Å². The number of aromatic nitrogens is 1. The Balaban J connectivity index is 1.62. The zero-order valence-corrected chi connectivity index (χ0v) is 14.3. The molecule has 0 bridgehead atoms. The number of rotatable bonds is 6. The van der Waals surface area contributed by atoms with Crippen LogP contribution in [0.2, 0.25) is 0 Å². The zero-order chi connectivity index (χ0) is 17.8. The Morgan fingerprint density at radius 3 is 2.64 bits per heavy atom. The summed E-state index contributed by atoms with van der Waals surface area (Å²) >= 11 is 0. The van der Waals surface area contributed by atoms with Gasteiger partial charge in [-0.2, -0.15) is 0 Å². The summed E-state index contributed by atoms with van der Waals surface area (Å²) in [6, 6.07) is 14.7. The molecule has 2 aromatic carbocycles. The molecule has 3 rings (SSSR count). The molecule has 3 N–H and O–H groups in total. The van der Waals surface area contributed by atoms with E-state index in [1.54, 1.807) is 24.4 Å². The lowest BCUT2D eigenvalue weighted by Gasteiger charge is -2.14. The highest BCUT2D eigenvalue weighted by atomic mass is 16.5. The van der Waals surface area contributed by atoms with Crippen LogP contribution in [0.5, 0.6) is 5.75 Å². The topological polar surface area (TPSA) is 74.3 Å². The molecule has 5 heteroatoms. The van der Waals surface area contributed by atoms with E-state index in [0.29, 0.717) is 5.56 Å². The molecule has 1 unspecified atom stereocenters. The molecule has 130 valence electrons. The molecule has 1 atom stereocenters. The quantitative estimate of drug-likeness (QED) is 0.645. The summed E-state index contributed by atoms with van der Waals surface area (Å²) < 4.78 is 5.58. The van der Waals surface area contributed by atoms with Gasteiger partial charge in [0, 0.05) is 18.1 Å². The molecule has 0 fully saturated rings. The minimum Gasteiger partial charge on any atom is -0.491 e. The van der Waals surface area contributed by atoms with Crippen molar-refractivity contribution in [1.29, 1.82) is 0 Å². The van der Waals surface area contributed by atoms with E-state index in [1.807, 2.05) is 44.2 Å². The van der Waals surface area contributed by atoms with Gasteiger partial charge in [0.15, 0.2) is 0 Å². The number of hydrogen-bond acceptors (Lipinski definition) is 3. The third kappa shape index (κ3) is 4.00. The van der Waals surface area contributed by atoms with Gasteiger partial charge in [0.1, 0.15) is 5.75 Å². The molecule has 0 aliphatic heterocycles. The largest absolute Gasteiger partial charge is 0.491 e. The maximum Gasteiger partial charge on any atom is 0.253 e. The second kappa shape index (κ2) is 7.40. The van der Waals surface area contributed by atoms with Crippen molar-refractivity contribution in [2.45, 2.75) is 26.1 Å². The number of carbonyl (C=O) groups excluding carboxylic acids is 1. The molecule has 0 aliphatic rings. The normalized spacial score (nSPS) is 12.3. The first kappa shape index (κ1) is 17.0. The summed E-state index contributed by atoms with van der Waals surface area (Å²) in [5.74, 6) is 0.542. The van der Waals surface area contributed by atoms with Crippen LogP contribution in [0.4, 0.5) is 0 Å². The second-order valence-corrected chi connectivity index (χ2v) is 6.21.